The zero-order chi connectivity index (χ0) is 40.6. The van der Waals surface area contributed by atoms with E-state index in [1.807, 2.05) is 0 Å². The number of aromatic carboxylic acids is 1. The molecule has 0 aliphatic carbocycles. The molecule has 1 fully saturated rings. The number of carbonyl (C=O) groups is 2. The number of benzene rings is 2. The van der Waals surface area contributed by atoms with E-state index in [0.29, 0.717) is 17.4 Å². The third-order valence-corrected chi connectivity index (χ3v) is 8.71. The Morgan fingerprint density at radius 3 is 2.13 bits per heavy atom. The first-order valence-corrected chi connectivity index (χ1v) is 18.1. The van der Waals surface area contributed by atoms with E-state index in [9.17, 15) is 39.0 Å². The summed E-state index contributed by atoms with van der Waals surface area (Å²) in [6, 6.07) is 7.48. The fourth-order valence-electron chi connectivity index (χ4n) is 5.83. The summed E-state index contributed by atoms with van der Waals surface area (Å²) in [6.07, 6.45) is 16.7. The van der Waals surface area contributed by atoms with Crippen LogP contribution in [0.1, 0.15) is 115 Å². The van der Waals surface area contributed by atoms with E-state index in [1.165, 1.54) is 56.7 Å². The number of carboxylic acid groups (broad SMARTS) is 1. The molecule has 3 aliphatic heterocycles. The molecule has 1 saturated heterocycles. The minimum atomic E-state index is -1.20. The highest BCUT2D eigenvalue weighted by molar-refractivity contribution is 5.94. The van der Waals surface area contributed by atoms with Gasteiger partial charge in [-0.15, -0.1) is 0 Å². The normalized spacial score (nSPS) is 15.6. The van der Waals surface area contributed by atoms with Crippen molar-refractivity contribution in [2.24, 2.45) is 4.99 Å². The molecular weight excluding hydrogens is 717 g/mol. The van der Waals surface area contributed by atoms with Gasteiger partial charge in [-0.1, -0.05) is 46.0 Å². The van der Waals surface area contributed by atoms with Gasteiger partial charge in [0.25, 0.3) is 16.9 Å². The lowest BCUT2D eigenvalue weighted by molar-refractivity contribution is -0.384. The van der Waals surface area contributed by atoms with Crippen molar-refractivity contribution < 1.29 is 35.0 Å². The maximum absolute atomic E-state index is 12.5. The van der Waals surface area contributed by atoms with Crippen LogP contribution in [0.2, 0.25) is 0 Å². The number of nitrogen functional groups attached to an aromatic ring is 1. The summed E-state index contributed by atoms with van der Waals surface area (Å²) in [5, 5.41) is 32.9. The molecule has 0 unspecified atom stereocenters. The zero-order valence-corrected chi connectivity index (χ0v) is 30.8. The molecule has 6 rings (SSSR count). The second-order valence-electron chi connectivity index (χ2n) is 12.6. The van der Waals surface area contributed by atoms with Crippen molar-refractivity contribution in [1.29, 1.82) is 0 Å². The number of methoxy groups -OCH3 is 1. The molecule has 0 radical (unpaired) electrons. The Morgan fingerprint density at radius 2 is 1.49 bits per heavy atom. The number of carboxylic acids is 1. The quantitative estimate of drug-likeness (QED) is 0.133. The van der Waals surface area contributed by atoms with Gasteiger partial charge in [-0.3, -0.25) is 43.8 Å². The first-order valence-electron chi connectivity index (χ1n) is 18.8. The van der Waals surface area contributed by atoms with Crippen molar-refractivity contribution in [3.63, 3.8) is 0 Å². The summed E-state index contributed by atoms with van der Waals surface area (Å²) in [7, 11) is 0.709. The Balaban J connectivity index is 0.000000381. The van der Waals surface area contributed by atoms with E-state index in [1.54, 1.807) is 11.7 Å². The number of anilines is 1. The van der Waals surface area contributed by atoms with Gasteiger partial charge in [0.15, 0.2) is 5.90 Å². The van der Waals surface area contributed by atoms with Crippen LogP contribution in [-0.2, 0) is 22.5 Å². The molecule has 4 heterocycles. The maximum atomic E-state index is 12.5. The number of nitrogens with two attached hydrogens (primary N) is 1. The molecule has 1 aromatic heterocycles. The second-order valence-corrected chi connectivity index (χ2v) is 12.6. The van der Waals surface area contributed by atoms with Gasteiger partial charge >= 0.3 is 5.97 Å². The first kappa shape index (κ1) is 45.7. The Labute approximate surface area is 322 Å². The van der Waals surface area contributed by atoms with Crippen molar-refractivity contribution >= 4 is 45.7 Å². The number of fused-ring (bicyclic) bond motifs is 2. The van der Waals surface area contributed by atoms with E-state index in [4.69, 9.17) is 16.9 Å². The van der Waals surface area contributed by atoms with Crippen molar-refractivity contribution in [1.82, 2.24) is 14.9 Å². The Hall–Kier alpha value is -5.48. The number of non-ortho nitro benzene ring substituents is 2. The van der Waals surface area contributed by atoms with E-state index >= 15 is 0 Å². The van der Waals surface area contributed by atoms with Gasteiger partial charge in [-0.05, 0) is 50.7 Å². The predicted octanol–water partition coefficient (Wildman–Crippen LogP) is 7.58. The number of halogens is 1. The summed E-state index contributed by atoms with van der Waals surface area (Å²) < 4.78 is 22.3. The molecule has 0 atom stereocenters. The molecule has 0 bridgehead atoms. The minimum absolute atomic E-state index is 0. The van der Waals surface area contributed by atoms with Crippen LogP contribution in [0.15, 0.2) is 46.2 Å². The number of hydrogen-bond donors (Lipinski definition) is 3. The minimum Gasteiger partial charge on any atom is -0.484 e. The molecule has 304 valence electrons. The summed E-state index contributed by atoms with van der Waals surface area (Å²) in [4.78, 5) is 62.4. The number of aromatic nitrogens is 2. The number of aliphatic imine (C=N–C) groups is 1. The van der Waals surface area contributed by atoms with Crippen LogP contribution in [-0.4, -0.2) is 69.6 Å². The third-order valence-electron chi connectivity index (χ3n) is 8.71. The van der Waals surface area contributed by atoms with E-state index in [-0.39, 0.29) is 41.5 Å². The van der Waals surface area contributed by atoms with Crippen molar-refractivity contribution in [2.75, 3.05) is 33.1 Å². The number of carbonyl (C=O) groups excluding carboxylic acids is 1. The molecule has 1 amide bonds. The molecule has 2 aromatic carbocycles. The topological polar surface area (TPSA) is 235 Å². The van der Waals surface area contributed by atoms with Crippen LogP contribution in [0, 0.1) is 20.2 Å². The Bertz CT molecular complexity index is 1800. The lowest BCUT2D eigenvalue weighted by atomic mass is 10.1. The zero-order valence-electron chi connectivity index (χ0n) is 31.8. The number of alkyl halides is 1. The lowest BCUT2D eigenvalue weighted by Crippen LogP contribution is -2.26. The van der Waals surface area contributed by atoms with Crippen LogP contribution < -0.4 is 16.6 Å². The highest BCUT2D eigenvalue weighted by Gasteiger charge is 2.16. The van der Waals surface area contributed by atoms with Gasteiger partial charge in [0, 0.05) is 63.2 Å². The molecule has 0 saturated carbocycles. The van der Waals surface area contributed by atoms with E-state index < -0.39 is 23.0 Å². The van der Waals surface area contributed by atoms with Crippen LogP contribution >= 0.6 is 0 Å². The van der Waals surface area contributed by atoms with Gasteiger partial charge in [0.1, 0.15) is 5.82 Å². The van der Waals surface area contributed by atoms with Gasteiger partial charge in [0.05, 0.1) is 47.6 Å². The second kappa shape index (κ2) is 26.3. The summed E-state index contributed by atoms with van der Waals surface area (Å²) in [5.41, 5.74) is 5.13. The molecular formula is C38H56FN7O9. The fraction of sp³-hybridized carbons (Fsp3) is 0.553. The predicted molar refractivity (Wildman–Crippen MR) is 212 cm³/mol. The number of rotatable bonds is 3. The van der Waals surface area contributed by atoms with Crippen molar-refractivity contribution in [2.45, 2.75) is 110 Å². The number of nitrogens with one attached hydrogen (secondary N) is 1. The SMILES string of the molecule is C.COC1=NCCCCCC1.Nc1cc([N+](=O)[O-])ccc1C(=O)O.O=C1CCCCCCN1.O=c1c2ccc([N+](=O)[O-])cc2nc2n1CCCCCC2.[2H]CF. The number of aryl methyl sites for hydroxylation is 1. The van der Waals surface area contributed by atoms with Crippen LogP contribution in [0.5, 0.6) is 0 Å². The number of amides is 1. The molecule has 16 nitrogen and oxygen atoms in total. The smallest absolute Gasteiger partial charge is 0.337 e. The number of nitro groups is 2. The molecule has 0 spiro atoms. The first-order chi connectivity index (χ1) is 26.4. The molecule has 17 heteroatoms. The maximum Gasteiger partial charge on any atom is 0.337 e. The highest BCUT2D eigenvalue weighted by Crippen LogP contribution is 2.21. The van der Waals surface area contributed by atoms with Gasteiger partial charge in [-0.2, -0.15) is 0 Å². The van der Waals surface area contributed by atoms with E-state index in [2.05, 4.69) is 15.3 Å². The molecule has 3 aliphatic rings. The van der Waals surface area contributed by atoms with Gasteiger partial charge in [-0.25, -0.2) is 9.78 Å². The summed E-state index contributed by atoms with van der Waals surface area (Å²) >= 11 is 0. The monoisotopic (exact) mass is 774 g/mol. The van der Waals surface area contributed by atoms with Gasteiger partial charge < -0.3 is 20.9 Å². The number of nitrogens with zero attached hydrogens (tertiary/aromatic N) is 5. The Kier molecular flexibility index (Phi) is 21.9. The molecule has 55 heavy (non-hydrogen) atoms. The molecule has 4 N–H and O–H groups in total. The highest BCUT2D eigenvalue weighted by atomic mass is 19.1. The summed E-state index contributed by atoms with van der Waals surface area (Å²) in [5.74, 6) is 0.726. The fourth-order valence-corrected chi connectivity index (χ4v) is 5.83. The summed E-state index contributed by atoms with van der Waals surface area (Å²) in [6.45, 7) is 2.54. The standard InChI is InChI=1S/C14H15N3O3.C8H15NO.C7H6N2O4.C7H13NO.CH3F.CH4/c18-14-11-7-6-10(17(19)20)9-12(11)15-13-5-3-1-2-4-8-16(13)14;1-10-8-6-4-2-3-5-7-9-8;8-6-3-4(9(12)13)1-2-5(6)7(10)11;9-7-5-3-1-2-4-6-8-7;1-2;/h6-7,9H,1-5,8H2;2-7H2,1H3;1-3H,8H2,(H,10,11);1-6H2,(H,8,9);1H3;1H4/i;;;;1D;. The van der Waals surface area contributed by atoms with Crippen LogP contribution in [0.3, 0.4) is 0 Å². The van der Waals surface area contributed by atoms with Crippen LogP contribution in [0.4, 0.5) is 21.5 Å². The third kappa shape index (κ3) is 16.6. The molecule has 3 aromatic rings. The Morgan fingerprint density at radius 1 is 0.909 bits per heavy atom. The van der Waals surface area contributed by atoms with Crippen molar-refractivity contribution in [3.8, 4) is 0 Å². The average molecular weight is 775 g/mol. The van der Waals surface area contributed by atoms with E-state index in [0.717, 1.165) is 101 Å². The lowest BCUT2D eigenvalue weighted by Gasteiger charge is -2.16. The average Bonchev–Trinajstić information content (AvgIpc) is 3.11. The number of hydrogen-bond acceptors (Lipinski definition) is 11. The number of nitro benzene ring substituents is 2. The van der Waals surface area contributed by atoms with Crippen molar-refractivity contribution in [3.05, 3.63) is 78.4 Å². The van der Waals surface area contributed by atoms with Crippen LogP contribution in [0.25, 0.3) is 10.9 Å². The van der Waals surface area contributed by atoms with Gasteiger partial charge in [0.2, 0.25) is 5.91 Å². The largest absolute Gasteiger partial charge is 0.484 e. The number of ether oxygens (including phenoxy) is 1.